The average Bonchev–Trinajstić information content (AvgIpc) is 3.19. The lowest BCUT2D eigenvalue weighted by Gasteiger charge is -2.15. The minimum Gasteiger partial charge on any atom is -0.493 e. The molecule has 1 N–H and O–H groups in total. The van der Waals surface area contributed by atoms with E-state index < -0.39 is 12.1 Å². The molecule has 154 valence electrons. The maximum Gasteiger partial charge on any atom is 0.306 e. The van der Waals surface area contributed by atoms with Crippen molar-refractivity contribution in [3.05, 3.63) is 53.1 Å². The predicted octanol–water partition coefficient (Wildman–Crippen LogP) is 3.70. The first kappa shape index (κ1) is 20.7. The first-order valence-corrected chi connectivity index (χ1v) is 9.84. The van der Waals surface area contributed by atoms with E-state index in [4.69, 9.17) is 14.2 Å². The van der Waals surface area contributed by atoms with E-state index in [2.05, 4.69) is 11.4 Å². The third kappa shape index (κ3) is 5.08. The molecule has 29 heavy (non-hydrogen) atoms. The monoisotopic (exact) mass is 397 g/mol. The number of aryl methyl sites for hydroxylation is 3. The van der Waals surface area contributed by atoms with Gasteiger partial charge in [0.15, 0.2) is 17.6 Å². The number of esters is 1. The topological polar surface area (TPSA) is 73.9 Å². The Morgan fingerprint density at radius 2 is 1.86 bits per heavy atom. The van der Waals surface area contributed by atoms with Gasteiger partial charge in [0.25, 0.3) is 5.91 Å². The quantitative estimate of drug-likeness (QED) is 0.688. The maximum atomic E-state index is 12.4. The summed E-state index contributed by atoms with van der Waals surface area (Å²) in [4.78, 5) is 24.6. The van der Waals surface area contributed by atoms with Crippen LogP contribution in [0.1, 0.15) is 36.5 Å². The molecule has 2 aromatic rings. The van der Waals surface area contributed by atoms with Crippen LogP contribution < -0.4 is 14.8 Å². The van der Waals surface area contributed by atoms with Crippen LogP contribution in [-0.2, 0) is 33.6 Å². The fraction of sp³-hybridized carbons (Fsp3) is 0.391. The number of anilines is 1. The van der Waals surface area contributed by atoms with Gasteiger partial charge in [-0.15, -0.1) is 0 Å². The molecule has 1 atom stereocenters. The van der Waals surface area contributed by atoms with Crippen LogP contribution in [0.25, 0.3) is 0 Å². The second kappa shape index (κ2) is 9.45. The molecule has 0 radical (unpaired) electrons. The Hall–Kier alpha value is -3.02. The van der Waals surface area contributed by atoms with E-state index in [1.54, 1.807) is 27.2 Å². The molecular formula is C23H27NO5. The lowest BCUT2D eigenvalue weighted by molar-refractivity contribution is -0.153. The van der Waals surface area contributed by atoms with E-state index in [0.29, 0.717) is 17.9 Å². The van der Waals surface area contributed by atoms with Gasteiger partial charge >= 0.3 is 5.97 Å². The van der Waals surface area contributed by atoms with Crippen molar-refractivity contribution in [3.63, 3.8) is 0 Å². The van der Waals surface area contributed by atoms with E-state index in [-0.39, 0.29) is 12.3 Å². The number of carbonyl (C=O) groups excluding carboxylic acids is 2. The molecule has 6 heteroatoms. The van der Waals surface area contributed by atoms with Crippen LogP contribution in [0.3, 0.4) is 0 Å². The highest BCUT2D eigenvalue weighted by atomic mass is 16.5. The van der Waals surface area contributed by atoms with Crippen molar-refractivity contribution in [2.45, 2.75) is 45.1 Å². The van der Waals surface area contributed by atoms with E-state index in [1.807, 2.05) is 24.3 Å². The molecule has 0 aliphatic heterocycles. The number of amides is 1. The van der Waals surface area contributed by atoms with Crippen LogP contribution in [0.5, 0.6) is 11.5 Å². The van der Waals surface area contributed by atoms with Crippen molar-refractivity contribution < 1.29 is 23.8 Å². The van der Waals surface area contributed by atoms with E-state index in [0.717, 1.165) is 30.5 Å². The number of hydrogen-bond donors (Lipinski definition) is 1. The van der Waals surface area contributed by atoms with Crippen LogP contribution in [0, 0.1) is 0 Å². The highest BCUT2D eigenvalue weighted by Gasteiger charge is 2.20. The molecule has 6 nitrogen and oxygen atoms in total. The highest BCUT2D eigenvalue weighted by molar-refractivity contribution is 5.95. The first-order valence-electron chi connectivity index (χ1n) is 9.84. The number of ether oxygens (including phenoxy) is 3. The van der Waals surface area contributed by atoms with Gasteiger partial charge in [-0.05, 0) is 67.5 Å². The normalized spacial score (nSPS) is 13.3. The van der Waals surface area contributed by atoms with E-state index >= 15 is 0 Å². The minimum absolute atomic E-state index is 0.139. The Labute approximate surface area is 171 Å². The van der Waals surface area contributed by atoms with Gasteiger partial charge in [0, 0.05) is 12.1 Å². The summed E-state index contributed by atoms with van der Waals surface area (Å²) >= 11 is 0. The molecular weight excluding hydrogens is 370 g/mol. The van der Waals surface area contributed by atoms with E-state index in [1.165, 1.54) is 11.1 Å². The lowest BCUT2D eigenvalue weighted by atomic mass is 10.1. The van der Waals surface area contributed by atoms with Crippen molar-refractivity contribution in [2.24, 2.45) is 0 Å². The Balaban J connectivity index is 1.52. The molecule has 2 aromatic carbocycles. The van der Waals surface area contributed by atoms with Crippen LogP contribution in [0.2, 0.25) is 0 Å². The zero-order chi connectivity index (χ0) is 20.8. The van der Waals surface area contributed by atoms with Crippen molar-refractivity contribution >= 4 is 17.6 Å². The second-order valence-corrected chi connectivity index (χ2v) is 7.11. The third-order valence-corrected chi connectivity index (χ3v) is 5.13. The second-order valence-electron chi connectivity index (χ2n) is 7.11. The molecule has 1 amide bonds. The molecule has 0 saturated heterocycles. The standard InChI is InChI=1S/C23H27NO5/c1-15(23(26)24-19-12-10-16-6-4-8-18(16)14-19)29-21(25)13-11-17-7-5-9-20(27-2)22(17)28-3/h5,7,9-10,12,14-15H,4,6,8,11,13H2,1-3H3,(H,24,26)/t15-/m1/s1. The molecule has 1 aliphatic carbocycles. The van der Waals surface area contributed by atoms with Gasteiger partial charge < -0.3 is 19.5 Å². The first-order chi connectivity index (χ1) is 14.0. The van der Waals surface area contributed by atoms with Gasteiger partial charge in [-0.1, -0.05) is 18.2 Å². The van der Waals surface area contributed by atoms with Gasteiger partial charge in [-0.25, -0.2) is 0 Å². The summed E-state index contributed by atoms with van der Waals surface area (Å²) in [6.07, 6.45) is 2.98. The number of hydrogen-bond acceptors (Lipinski definition) is 5. The zero-order valence-corrected chi connectivity index (χ0v) is 17.1. The third-order valence-electron chi connectivity index (χ3n) is 5.13. The fourth-order valence-corrected chi connectivity index (χ4v) is 3.59. The maximum absolute atomic E-state index is 12.4. The van der Waals surface area contributed by atoms with E-state index in [9.17, 15) is 9.59 Å². The van der Waals surface area contributed by atoms with Crippen LogP contribution in [0.4, 0.5) is 5.69 Å². The minimum atomic E-state index is -0.872. The number of nitrogens with one attached hydrogen (secondary N) is 1. The molecule has 0 bridgehead atoms. The van der Waals surface area contributed by atoms with Crippen molar-refractivity contribution in [2.75, 3.05) is 19.5 Å². The molecule has 1 aliphatic rings. The molecule has 0 heterocycles. The highest BCUT2D eigenvalue weighted by Crippen LogP contribution is 2.31. The van der Waals surface area contributed by atoms with Crippen LogP contribution in [0.15, 0.2) is 36.4 Å². The summed E-state index contributed by atoms with van der Waals surface area (Å²) < 4.78 is 16.0. The number of benzene rings is 2. The fourth-order valence-electron chi connectivity index (χ4n) is 3.59. The lowest BCUT2D eigenvalue weighted by Crippen LogP contribution is -2.30. The summed E-state index contributed by atoms with van der Waals surface area (Å²) in [6, 6.07) is 11.5. The Bertz CT molecular complexity index is 893. The largest absolute Gasteiger partial charge is 0.493 e. The number of carbonyl (C=O) groups is 2. The van der Waals surface area contributed by atoms with Crippen molar-refractivity contribution in [1.82, 2.24) is 0 Å². The summed E-state index contributed by atoms with van der Waals surface area (Å²) in [5, 5.41) is 2.83. The van der Waals surface area contributed by atoms with Crippen LogP contribution >= 0.6 is 0 Å². The molecule has 3 rings (SSSR count). The Morgan fingerprint density at radius 3 is 2.62 bits per heavy atom. The number of methoxy groups -OCH3 is 2. The summed E-state index contributed by atoms with van der Waals surface area (Å²) in [5.41, 5.74) is 4.20. The molecule has 0 unspecified atom stereocenters. The number of fused-ring (bicyclic) bond motifs is 1. The molecule has 0 saturated carbocycles. The van der Waals surface area contributed by atoms with Gasteiger partial charge in [0.1, 0.15) is 0 Å². The summed E-state index contributed by atoms with van der Waals surface area (Å²) in [7, 11) is 3.13. The van der Waals surface area contributed by atoms with Gasteiger partial charge in [-0.3, -0.25) is 9.59 Å². The Morgan fingerprint density at radius 1 is 1.07 bits per heavy atom. The van der Waals surface area contributed by atoms with Crippen molar-refractivity contribution in [1.29, 1.82) is 0 Å². The van der Waals surface area contributed by atoms with Gasteiger partial charge in [-0.2, -0.15) is 0 Å². The number of para-hydroxylation sites is 1. The average molecular weight is 397 g/mol. The van der Waals surface area contributed by atoms with Crippen LogP contribution in [-0.4, -0.2) is 32.2 Å². The summed E-state index contributed by atoms with van der Waals surface area (Å²) in [5.74, 6) is 0.437. The Kier molecular flexibility index (Phi) is 6.75. The van der Waals surface area contributed by atoms with Gasteiger partial charge in [0.2, 0.25) is 0 Å². The molecule has 0 spiro atoms. The molecule has 0 fully saturated rings. The number of rotatable bonds is 8. The predicted molar refractivity (Wildman–Crippen MR) is 111 cm³/mol. The molecule has 0 aromatic heterocycles. The summed E-state index contributed by atoms with van der Waals surface area (Å²) in [6.45, 7) is 1.58. The van der Waals surface area contributed by atoms with Crippen molar-refractivity contribution in [3.8, 4) is 11.5 Å². The van der Waals surface area contributed by atoms with Gasteiger partial charge in [0.05, 0.1) is 14.2 Å². The zero-order valence-electron chi connectivity index (χ0n) is 17.1. The SMILES string of the molecule is COc1cccc(CCC(=O)O[C@H](C)C(=O)Nc2ccc3c(c2)CCC3)c1OC. The smallest absolute Gasteiger partial charge is 0.306 e.